The van der Waals surface area contributed by atoms with Gasteiger partial charge >= 0.3 is 0 Å². The first-order valence-electron chi connectivity index (χ1n) is 12.4. The summed E-state index contributed by atoms with van der Waals surface area (Å²) in [6.45, 7) is 1.21. The SMILES string of the molecule is COc1ccc(N=S2(=O)CCN(c3ccc(-c4cc(-c5cnn(C)c5)cn5ncc(C#N)c45)cn3)CC2)cc1. The van der Waals surface area contributed by atoms with Gasteiger partial charge in [-0.05, 0) is 42.5 Å². The third-order valence-electron chi connectivity index (χ3n) is 6.86. The summed E-state index contributed by atoms with van der Waals surface area (Å²) in [4.78, 5) is 6.88. The first-order chi connectivity index (χ1) is 18.9. The average Bonchev–Trinajstić information content (AvgIpc) is 3.59. The van der Waals surface area contributed by atoms with Crippen LogP contribution in [0.1, 0.15) is 5.56 Å². The summed E-state index contributed by atoms with van der Waals surface area (Å²) in [5.74, 6) is 2.50. The van der Waals surface area contributed by atoms with Gasteiger partial charge in [-0.3, -0.25) is 4.68 Å². The Hall–Kier alpha value is -4.69. The molecule has 0 spiro atoms. The number of nitrogens with zero attached hydrogens (tertiary/aromatic N) is 8. The van der Waals surface area contributed by atoms with E-state index >= 15 is 0 Å². The predicted octanol–water partition coefficient (Wildman–Crippen LogP) is 4.30. The molecule has 5 heterocycles. The van der Waals surface area contributed by atoms with Crippen LogP contribution in [0.5, 0.6) is 5.75 Å². The molecule has 39 heavy (non-hydrogen) atoms. The zero-order chi connectivity index (χ0) is 27.0. The summed E-state index contributed by atoms with van der Waals surface area (Å²) >= 11 is 0. The zero-order valence-corrected chi connectivity index (χ0v) is 22.4. The Morgan fingerprint density at radius 3 is 2.41 bits per heavy atom. The number of fused-ring (bicyclic) bond motifs is 1. The summed E-state index contributed by atoms with van der Waals surface area (Å²) in [5.41, 5.74) is 5.57. The van der Waals surface area contributed by atoms with Gasteiger partial charge in [-0.1, -0.05) is 0 Å². The van der Waals surface area contributed by atoms with Crippen LogP contribution in [0.15, 0.2) is 77.8 Å². The van der Waals surface area contributed by atoms with Crippen LogP contribution in [0.4, 0.5) is 11.5 Å². The Kier molecular flexibility index (Phi) is 6.24. The van der Waals surface area contributed by atoms with Gasteiger partial charge in [-0.15, -0.1) is 0 Å². The molecular weight excluding hydrogens is 512 g/mol. The Balaban J connectivity index is 1.26. The Morgan fingerprint density at radius 1 is 0.974 bits per heavy atom. The maximum atomic E-state index is 13.4. The molecule has 0 N–H and O–H groups in total. The topological polar surface area (TPSA) is 114 Å². The van der Waals surface area contributed by atoms with Crippen molar-refractivity contribution in [1.29, 1.82) is 5.26 Å². The van der Waals surface area contributed by atoms with Gasteiger partial charge < -0.3 is 9.64 Å². The molecule has 6 rings (SSSR count). The molecule has 1 aliphatic heterocycles. The summed E-state index contributed by atoms with van der Waals surface area (Å²) in [6, 6.07) is 15.6. The molecule has 1 saturated heterocycles. The highest BCUT2D eigenvalue weighted by molar-refractivity contribution is 7.93. The summed E-state index contributed by atoms with van der Waals surface area (Å²) in [7, 11) is 1.15. The van der Waals surface area contributed by atoms with Crippen LogP contribution in [-0.2, 0) is 16.8 Å². The van der Waals surface area contributed by atoms with E-state index < -0.39 is 9.73 Å². The smallest absolute Gasteiger partial charge is 0.128 e. The van der Waals surface area contributed by atoms with Crippen LogP contribution in [0, 0.1) is 11.3 Å². The van der Waals surface area contributed by atoms with Crippen molar-refractivity contribution in [2.24, 2.45) is 11.4 Å². The minimum Gasteiger partial charge on any atom is -0.497 e. The number of methoxy groups -OCH3 is 1. The number of hydrogen-bond donors (Lipinski definition) is 0. The standard InChI is InChI=1S/C28H26N8O2S/c1-34-18-23(17-31-34)21-13-26(28-22(14-29)16-32-36(28)19-21)20-3-8-27(30-15-20)35-9-11-39(37,12-10-35)33-24-4-6-25(38-2)7-5-24/h3-8,13,15-19H,9-12H2,1-2H3. The molecule has 0 atom stereocenters. The van der Waals surface area contributed by atoms with Crippen molar-refractivity contribution < 1.29 is 8.95 Å². The van der Waals surface area contributed by atoms with Crippen LogP contribution in [0.25, 0.3) is 27.8 Å². The lowest BCUT2D eigenvalue weighted by Gasteiger charge is -2.29. The van der Waals surface area contributed by atoms with Crippen molar-refractivity contribution in [3.05, 3.63) is 79.0 Å². The largest absolute Gasteiger partial charge is 0.497 e. The van der Waals surface area contributed by atoms with Gasteiger partial charge in [0.1, 0.15) is 17.6 Å². The molecule has 0 bridgehead atoms. The van der Waals surface area contributed by atoms with E-state index in [1.165, 1.54) is 0 Å². The number of hydrogen-bond acceptors (Lipinski definition) is 8. The minimum absolute atomic E-state index is 0.470. The van der Waals surface area contributed by atoms with Crippen molar-refractivity contribution in [3.63, 3.8) is 0 Å². The van der Waals surface area contributed by atoms with Crippen LogP contribution >= 0.6 is 0 Å². The Morgan fingerprint density at radius 2 is 1.77 bits per heavy atom. The van der Waals surface area contributed by atoms with Gasteiger partial charge in [-0.25, -0.2) is 13.7 Å². The highest BCUT2D eigenvalue weighted by Gasteiger charge is 2.22. The van der Waals surface area contributed by atoms with Crippen molar-refractivity contribution in [1.82, 2.24) is 24.4 Å². The van der Waals surface area contributed by atoms with E-state index in [2.05, 4.69) is 25.5 Å². The molecule has 0 saturated carbocycles. The normalized spacial score (nSPS) is 14.7. The maximum Gasteiger partial charge on any atom is 0.128 e. The molecule has 1 fully saturated rings. The predicted molar refractivity (Wildman–Crippen MR) is 151 cm³/mol. The van der Waals surface area contributed by atoms with Crippen LogP contribution in [-0.4, -0.2) is 60.3 Å². The van der Waals surface area contributed by atoms with Crippen molar-refractivity contribution in [2.45, 2.75) is 0 Å². The molecule has 1 aliphatic rings. The fraction of sp³-hybridized carbons (Fsp3) is 0.214. The molecular formula is C28H26N8O2S. The molecule has 0 radical (unpaired) electrons. The molecule has 11 heteroatoms. The number of pyridine rings is 2. The molecule has 0 amide bonds. The van der Waals surface area contributed by atoms with Gasteiger partial charge in [-0.2, -0.15) is 19.8 Å². The van der Waals surface area contributed by atoms with Gasteiger partial charge in [0.25, 0.3) is 0 Å². The lowest BCUT2D eigenvalue weighted by Crippen LogP contribution is -2.40. The number of aryl methyl sites for hydroxylation is 1. The quantitative estimate of drug-likeness (QED) is 0.328. The molecule has 1 aromatic carbocycles. The summed E-state index contributed by atoms with van der Waals surface area (Å²) in [5, 5.41) is 18.4. The second kappa shape index (κ2) is 9.89. The first kappa shape index (κ1) is 24.6. The van der Waals surface area contributed by atoms with E-state index in [-0.39, 0.29) is 0 Å². The third-order valence-corrected chi connectivity index (χ3v) is 9.04. The number of rotatable bonds is 5. The van der Waals surface area contributed by atoms with Crippen LogP contribution in [0.2, 0.25) is 0 Å². The van der Waals surface area contributed by atoms with E-state index in [0.717, 1.165) is 39.3 Å². The highest BCUT2D eigenvalue weighted by Crippen LogP contribution is 2.32. The van der Waals surface area contributed by atoms with Gasteiger partial charge in [0.2, 0.25) is 0 Å². The van der Waals surface area contributed by atoms with E-state index in [0.29, 0.717) is 35.8 Å². The van der Waals surface area contributed by atoms with Gasteiger partial charge in [0, 0.05) is 72.5 Å². The second-order valence-electron chi connectivity index (χ2n) is 9.37. The zero-order valence-electron chi connectivity index (χ0n) is 21.6. The average molecular weight is 539 g/mol. The van der Waals surface area contributed by atoms with Crippen molar-refractivity contribution in [3.8, 4) is 34.1 Å². The number of nitriles is 1. The number of ether oxygens (including phenoxy) is 1. The van der Waals surface area contributed by atoms with Crippen LogP contribution in [0.3, 0.4) is 0 Å². The van der Waals surface area contributed by atoms with Crippen LogP contribution < -0.4 is 9.64 Å². The monoisotopic (exact) mass is 538 g/mol. The van der Waals surface area contributed by atoms with Crippen molar-refractivity contribution >= 4 is 26.8 Å². The lowest BCUT2D eigenvalue weighted by atomic mass is 10.0. The number of anilines is 1. The van der Waals surface area contributed by atoms with Crippen molar-refractivity contribution in [2.75, 3.05) is 36.6 Å². The third kappa shape index (κ3) is 4.82. The molecule has 0 aliphatic carbocycles. The number of aromatic nitrogens is 5. The molecule has 0 unspecified atom stereocenters. The summed E-state index contributed by atoms with van der Waals surface area (Å²) in [6.07, 6.45) is 9.04. The second-order valence-corrected chi connectivity index (χ2v) is 11.9. The molecule has 5 aromatic rings. The van der Waals surface area contributed by atoms with E-state index in [1.54, 1.807) is 28.7 Å². The molecule has 10 nitrogen and oxygen atoms in total. The fourth-order valence-corrected chi connectivity index (χ4v) is 6.66. The fourth-order valence-electron chi connectivity index (χ4n) is 4.76. The molecule has 196 valence electrons. The van der Waals surface area contributed by atoms with E-state index in [4.69, 9.17) is 9.72 Å². The van der Waals surface area contributed by atoms with E-state index in [1.807, 2.05) is 68.1 Å². The van der Waals surface area contributed by atoms with Gasteiger partial charge in [0.15, 0.2) is 0 Å². The van der Waals surface area contributed by atoms with Gasteiger partial charge in [0.05, 0.1) is 46.0 Å². The highest BCUT2D eigenvalue weighted by atomic mass is 32.2. The number of benzene rings is 1. The Labute approximate surface area is 226 Å². The summed E-state index contributed by atoms with van der Waals surface area (Å²) < 4.78 is 26.6. The molecule has 4 aromatic heterocycles. The lowest BCUT2D eigenvalue weighted by molar-refractivity contribution is 0.415. The first-order valence-corrected chi connectivity index (χ1v) is 14.3. The van der Waals surface area contributed by atoms with E-state index in [9.17, 15) is 9.47 Å². The minimum atomic E-state index is -2.34. The Bertz CT molecular complexity index is 1810. The maximum absolute atomic E-state index is 13.4.